The highest BCUT2D eigenvalue weighted by molar-refractivity contribution is 5.23. The molecule has 1 aromatic rings. The molecule has 0 saturated carbocycles. The van der Waals surface area contributed by atoms with Gasteiger partial charge in [-0.05, 0) is 49.4 Å². The molecule has 1 saturated heterocycles. The predicted octanol–water partition coefficient (Wildman–Crippen LogP) is 1.97. The Hall–Kier alpha value is -1.09. The van der Waals surface area contributed by atoms with E-state index in [1.807, 2.05) is 0 Å². The highest BCUT2D eigenvalue weighted by Crippen LogP contribution is 2.25. The Morgan fingerprint density at radius 3 is 2.56 bits per heavy atom. The van der Waals surface area contributed by atoms with Crippen LogP contribution in [0.4, 0.5) is 0 Å². The van der Waals surface area contributed by atoms with Crippen molar-refractivity contribution in [2.75, 3.05) is 13.1 Å². The Morgan fingerprint density at radius 1 is 1.25 bits per heavy atom. The summed E-state index contributed by atoms with van der Waals surface area (Å²) in [7, 11) is 0. The topological polar surface area (TPSA) is 44.9 Å². The Bertz CT molecular complexity index is 403. The van der Waals surface area contributed by atoms with Gasteiger partial charge in [-0.1, -0.05) is 13.8 Å². The molecule has 2 heterocycles. The first kappa shape index (κ1) is 11.4. The molecule has 2 N–H and O–H groups in total. The lowest BCUT2D eigenvalue weighted by Gasteiger charge is -2.23. The van der Waals surface area contributed by atoms with E-state index < -0.39 is 0 Å². The summed E-state index contributed by atoms with van der Waals surface area (Å²) in [4.78, 5) is 14.5. The van der Waals surface area contributed by atoms with E-state index in [0.717, 1.165) is 31.6 Å². The van der Waals surface area contributed by atoms with Gasteiger partial charge in [0.25, 0.3) is 0 Å². The molecular formula is C13H20N2O. The van der Waals surface area contributed by atoms with Gasteiger partial charge in [0.15, 0.2) is 0 Å². The second-order valence-electron chi connectivity index (χ2n) is 4.91. The van der Waals surface area contributed by atoms with Gasteiger partial charge < -0.3 is 10.3 Å². The van der Waals surface area contributed by atoms with Crippen molar-refractivity contribution >= 4 is 0 Å². The minimum absolute atomic E-state index is 0.0414. The van der Waals surface area contributed by atoms with Gasteiger partial charge in [-0.2, -0.15) is 0 Å². The summed E-state index contributed by atoms with van der Waals surface area (Å²) in [5.74, 6) is 0.940. The van der Waals surface area contributed by atoms with Crippen molar-refractivity contribution < 1.29 is 0 Å². The molecule has 0 amide bonds. The molecule has 0 aromatic carbocycles. The number of aromatic nitrogens is 1. The van der Waals surface area contributed by atoms with E-state index >= 15 is 0 Å². The van der Waals surface area contributed by atoms with Crippen LogP contribution in [0.1, 0.15) is 49.8 Å². The molecule has 0 atom stereocenters. The Balaban J connectivity index is 2.29. The normalized spacial score (nSPS) is 17.9. The number of hydrogen-bond acceptors (Lipinski definition) is 2. The molecule has 1 fully saturated rings. The van der Waals surface area contributed by atoms with Crippen molar-refractivity contribution in [2.24, 2.45) is 0 Å². The third-order valence-corrected chi connectivity index (χ3v) is 3.32. The van der Waals surface area contributed by atoms with E-state index in [1.54, 1.807) is 6.07 Å². The van der Waals surface area contributed by atoms with Gasteiger partial charge >= 0.3 is 0 Å². The highest BCUT2D eigenvalue weighted by Gasteiger charge is 2.16. The molecule has 1 aromatic heterocycles. The van der Waals surface area contributed by atoms with Crippen LogP contribution in [0.25, 0.3) is 0 Å². The number of rotatable bonds is 2. The molecule has 88 valence electrons. The van der Waals surface area contributed by atoms with Gasteiger partial charge in [0.05, 0.1) is 0 Å². The second-order valence-corrected chi connectivity index (χ2v) is 4.91. The second kappa shape index (κ2) is 4.83. The molecule has 1 aliphatic rings. The summed E-state index contributed by atoms with van der Waals surface area (Å²) in [6, 6.07) is 3.93. The van der Waals surface area contributed by atoms with E-state index in [9.17, 15) is 4.79 Å². The first-order valence-electron chi connectivity index (χ1n) is 6.11. The molecule has 3 heteroatoms. The molecule has 3 nitrogen and oxygen atoms in total. The smallest absolute Gasteiger partial charge is 0.248 e. The van der Waals surface area contributed by atoms with E-state index in [-0.39, 0.29) is 5.56 Å². The molecule has 0 spiro atoms. The number of H-pyrrole nitrogens is 1. The van der Waals surface area contributed by atoms with Crippen LogP contribution in [0.15, 0.2) is 16.9 Å². The maximum absolute atomic E-state index is 11.6. The van der Waals surface area contributed by atoms with Crippen LogP contribution in [-0.4, -0.2) is 18.1 Å². The summed E-state index contributed by atoms with van der Waals surface area (Å²) >= 11 is 0. The Kier molecular flexibility index (Phi) is 3.44. The molecule has 16 heavy (non-hydrogen) atoms. The predicted molar refractivity (Wildman–Crippen MR) is 66.0 cm³/mol. The van der Waals surface area contributed by atoms with Crippen molar-refractivity contribution in [3.05, 3.63) is 33.7 Å². The van der Waals surface area contributed by atoms with Crippen LogP contribution in [0.2, 0.25) is 0 Å². The number of aromatic amines is 1. The van der Waals surface area contributed by atoms with E-state index in [0.29, 0.717) is 11.8 Å². The minimum atomic E-state index is 0.0414. The van der Waals surface area contributed by atoms with E-state index in [4.69, 9.17) is 0 Å². The van der Waals surface area contributed by atoms with Crippen molar-refractivity contribution in [1.29, 1.82) is 0 Å². The summed E-state index contributed by atoms with van der Waals surface area (Å²) in [6.07, 6.45) is 2.28. The van der Waals surface area contributed by atoms with Gasteiger partial charge in [-0.3, -0.25) is 4.79 Å². The third kappa shape index (κ3) is 2.53. The van der Waals surface area contributed by atoms with Gasteiger partial charge in [-0.25, -0.2) is 0 Å². The fraction of sp³-hybridized carbons (Fsp3) is 0.615. The van der Waals surface area contributed by atoms with Gasteiger partial charge in [0, 0.05) is 11.8 Å². The minimum Gasteiger partial charge on any atom is -0.326 e. The number of hydrogen-bond donors (Lipinski definition) is 2. The molecule has 0 unspecified atom stereocenters. The Morgan fingerprint density at radius 2 is 1.94 bits per heavy atom. The summed E-state index contributed by atoms with van der Waals surface area (Å²) < 4.78 is 0. The maximum Gasteiger partial charge on any atom is 0.248 e. The van der Waals surface area contributed by atoms with Crippen LogP contribution in [0.3, 0.4) is 0 Å². The maximum atomic E-state index is 11.6. The van der Waals surface area contributed by atoms with E-state index in [1.165, 1.54) is 5.56 Å². The summed E-state index contributed by atoms with van der Waals surface area (Å²) in [6.45, 7) is 6.35. The largest absolute Gasteiger partial charge is 0.326 e. The van der Waals surface area contributed by atoms with Gasteiger partial charge in [0.2, 0.25) is 5.56 Å². The number of nitrogens with one attached hydrogen (secondary N) is 2. The zero-order valence-corrected chi connectivity index (χ0v) is 10.0. The fourth-order valence-corrected chi connectivity index (χ4v) is 2.29. The van der Waals surface area contributed by atoms with Crippen LogP contribution in [0, 0.1) is 0 Å². The lowest BCUT2D eigenvalue weighted by molar-refractivity contribution is 0.459. The fourth-order valence-electron chi connectivity index (χ4n) is 2.29. The standard InChI is InChI=1S/C13H20N2O/c1-9(2)12-7-11(8-13(16)15-12)10-3-5-14-6-4-10/h7-10,14H,3-6H2,1-2H3,(H,15,16). The van der Waals surface area contributed by atoms with E-state index in [2.05, 4.69) is 30.2 Å². The lowest BCUT2D eigenvalue weighted by atomic mass is 9.89. The zero-order valence-electron chi connectivity index (χ0n) is 10.0. The average molecular weight is 220 g/mol. The SMILES string of the molecule is CC(C)c1cc(C2CCNCC2)cc(=O)[nH]1. The van der Waals surface area contributed by atoms with Gasteiger partial charge in [-0.15, -0.1) is 0 Å². The Labute approximate surface area is 96.3 Å². The highest BCUT2D eigenvalue weighted by atomic mass is 16.1. The molecule has 0 aliphatic carbocycles. The third-order valence-electron chi connectivity index (χ3n) is 3.32. The van der Waals surface area contributed by atoms with Crippen molar-refractivity contribution in [2.45, 2.75) is 38.5 Å². The zero-order chi connectivity index (χ0) is 11.5. The van der Waals surface area contributed by atoms with Crippen molar-refractivity contribution in [3.63, 3.8) is 0 Å². The lowest BCUT2D eigenvalue weighted by Crippen LogP contribution is -2.27. The summed E-state index contributed by atoms with van der Waals surface area (Å²) in [5.41, 5.74) is 2.31. The monoisotopic (exact) mass is 220 g/mol. The van der Waals surface area contributed by atoms with Crippen LogP contribution >= 0.6 is 0 Å². The van der Waals surface area contributed by atoms with Gasteiger partial charge in [0.1, 0.15) is 0 Å². The van der Waals surface area contributed by atoms with Crippen LogP contribution in [0.5, 0.6) is 0 Å². The number of piperidine rings is 1. The molecule has 0 bridgehead atoms. The molecule has 1 aliphatic heterocycles. The summed E-state index contributed by atoms with van der Waals surface area (Å²) in [5, 5.41) is 3.35. The molecule has 0 radical (unpaired) electrons. The van der Waals surface area contributed by atoms with Crippen LogP contribution < -0.4 is 10.9 Å². The first-order chi connectivity index (χ1) is 7.66. The first-order valence-corrected chi connectivity index (χ1v) is 6.11. The van der Waals surface area contributed by atoms with Crippen molar-refractivity contribution in [1.82, 2.24) is 10.3 Å². The average Bonchev–Trinajstić information content (AvgIpc) is 2.29. The number of pyridine rings is 1. The molecular weight excluding hydrogens is 200 g/mol. The van der Waals surface area contributed by atoms with Crippen LogP contribution in [-0.2, 0) is 0 Å². The quantitative estimate of drug-likeness (QED) is 0.800. The van der Waals surface area contributed by atoms with Crippen molar-refractivity contribution in [3.8, 4) is 0 Å². The molecule has 2 rings (SSSR count).